The molecule has 1 N–H and O–H groups in total. The molecular weight excluding hydrogens is 450 g/mol. The summed E-state index contributed by atoms with van der Waals surface area (Å²) in [4.78, 5) is 17.6. The molecule has 33 heavy (non-hydrogen) atoms. The van der Waals surface area contributed by atoms with Crippen LogP contribution in [0.3, 0.4) is 0 Å². The molecule has 0 spiro atoms. The predicted molar refractivity (Wildman–Crippen MR) is 132 cm³/mol. The third kappa shape index (κ3) is 3.57. The monoisotopic (exact) mass is 475 g/mol. The van der Waals surface area contributed by atoms with Gasteiger partial charge in [0.2, 0.25) is 5.91 Å². The Kier molecular flexibility index (Phi) is 5.76. The summed E-state index contributed by atoms with van der Waals surface area (Å²) in [6, 6.07) is 16.7. The van der Waals surface area contributed by atoms with Crippen molar-refractivity contribution in [1.82, 2.24) is 10.3 Å². The summed E-state index contributed by atoms with van der Waals surface area (Å²) in [5, 5.41) is 16.0. The number of nitriles is 1. The Morgan fingerprint density at radius 2 is 2.06 bits per heavy atom. The fraction of sp³-hybridized carbons (Fsp3) is 0.370. The maximum atomic E-state index is 13.2. The van der Waals surface area contributed by atoms with Crippen molar-refractivity contribution in [3.63, 3.8) is 0 Å². The van der Waals surface area contributed by atoms with Crippen molar-refractivity contribution in [2.45, 2.75) is 51.0 Å². The Balaban J connectivity index is 1.64. The number of rotatable bonds is 4. The van der Waals surface area contributed by atoms with Crippen molar-refractivity contribution in [1.29, 1.82) is 5.26 Å². The van der Waals surface area contributed by atoms with E-state index in [0.717, 1.165) is 36.1 Å². The molecule has 5 rings (SSSR count). The predicted octanol–water partition coefficient (Wildman–Crippen LogP) is 6.53. The number of halogens is 1. The average Bonchev–Trinajstić information content (AvgIpc) is 3.46. The molecule has 2 fully saturated rings. The number of carbonyl (C=O) groups excluding carboxylic acids is 1. The van der Waals surface area contributed by atoms with Gasteiger partial charge in [-0.05, 0) is 67.3 Å². The lowest BCUT2D eigenvalue weighted by atomic mass is 9.54. The minimum atomic E-state index is -0.367. The largest absolute Gasteiger partial charge is 0.353 e. The van der Waals surface area contributed by atoms with Gasteiger partial charge in [0.05, 0.1) is 28.3 Å². The highest BCUT2D eigenvalue weighted by molar-refractivity contribution is 7.07. The van der Waals surface area contributed by atoms with E-state index in [4.69, 9.17) is 11.6 Å². The summed E-state index contributed by atoms with van der Waals surface area (Å²) < 4.78 is 0. The zero-order valence-electron chi connectivity index (χ0n) is 18.7. The van der Waals surface area contributed by atoms with Crippen molar-refractivity contribution < 1.29 is 4.79 Å². The third-order valence-corrected chi connectivity index (χ3v) is 8.74. The Morgan fingerprint density at radius 3 is 2.73 bits per heavy atom. The molecule has 1 aliphatic heterocycles. The third-order valence-electron chi connectivity index (χ3n) is 7.90. The summed E-state index contributed by atoms with van der Waals surface area (Å²) >= 11 is 7.77. The normalized spacial score (nSPS) is 28.7. The second kappa shape index (κ2) is 8.59. The van der Waals surface area contributed by atoms with Gasteiger partial charge in [0, 0.05) is 27.9 Å². The minimum absolute atomic E-state index is 0.0701. The van der Waals surface area contributed by atoms with Gasteiger partial charge in [0.25, 0.3) is 0 Å². The number of fused-ring (bicyclic) bond motifs is 1. The fourth-order valence-corrected chi connectivity index (χ4v) is 7.07. The van der Waals surface area contributed by atoms with Gasteiger partial charge in [0.1, 0.15) is 0 Å². The molecule has 1 aromatic heterocycles. The molecule has 6 heteroatoms. The van der Waals surface area contributed by atoms with Crippen LogP contribution in [-0.4, -0.2) is 16.9 Å². The van der Waals surface area contributed by atoms with Gasteiger partial charge in [-0.2, -0.15) is 5.26 Å². The molecule has 0 unspecified atom stereocenters. The van der Waals surface area contributed by atoms with Crippen LogP contribution in [0.2, 0.25) is 5.02 Å². The summed E-state index contributed by atoms with van der Waals surface area (Å²) in [5.74, 6) is 0.589. The number of nitrogens with one attached hydrogen (secondary N) is 1. The molecule has 0 radical (unpaired) electrons. The van der Waals surface area contributed by atoms with Crippen LogP contribution in [0.25, 0.3) is 11.3 Å². The van der Waals surface area contributed by atoms with Gasteiger partial charge >= 0.3 is 0 Å². The molecule has 5 atom stereocenters. The number of amides is 1. The standard InChI is InChI=1S/C27H26ClN3OS/c1-3-27-11-10-22(21-9-6-18(12-19(21)13-29)23-14-33-15-30-23)24(17-4-7-20(28)8-5-17)25(27)16(2)31-26(27)32/h4-9,12,14-16,22,24-25H,3,10-11H2,1-2H3,(H,31,32)/t16-,22+,24+,25+,27-/m1/s1. The molecule has 0 bridgehead atoms. The van der Waals surface area contributed by atoms with Crippen LogP contribution in [0.4, 0.5) is 0 Å². The van der Waals surface area contributed by atoms with E-state index < -0.39 is 0 Å². The topological polar surface area (TPSA) is 65.8 Å². The van der Waals surface area contributed by atoms with Crippen LogP contribution >= 0.6 is 22.9 Å². The molecule has 1 saturated carbocycles. The first-order valence-corrected chi connectivity index (χ1v) is 12.8. The van der Waals surface area contributed by atoms with E-state index in [2.05, 4.69) is 54.5 Å². The summed E-state index contributed by atoms with van der Waals surface area (Å²) in [7, 11) is 0. The van der Waals surface area contributed by atoms with Crippen LogP contribution < -0.4 is 5.32 Å². The van der Waals surface area contributed by atoms with Crippen molar-refractivity contribution in [2.24, 2.45) is 11.3 Å². The maximum absolute atomic E-state index is 13.2. The Bertz CT molecular complexity index is 1220. The molecule has 2 aliphatic rings. The lowest BCUT2D eigenvalue weighted by Crippen LogP contribution is -2.44. The summed E-state index contributed by atoms with van der Waals surface area (Å²) in [6.45, 7) is 4.26. The maximum Gasteiger partial charge on any atom is 0.226 e. The van der Waals surface area contributed by atoms with Crippen molar-refractivity contribution in [3.8, 4) is 17.3 Å². The number of thiazole rings is 1. The van der Waals surface area contributed by atoms with E-state index in [-0.39, 0.29) is 35.1 Å². The number of hydrogen-bond donors (Lipinski definition) is 1. The molecule has 2 aromatic carbocycles. The first kappa shape index (κ1) is 22.1. The second-order valence-electron chi connectivity index (χ2n) is 9.31. The van der Waals surface area contributed by atoms with Gasteiger partial charge in [-0.1, -0.05) is 42.8 Å². The second-order valence-corrected chi connectivity index (χ2v) is 10.5. The SMILES string of the molecule is CC[C@@]12CC[C@@H](c3ccc(-c4cscn4)cc3C#N)[C@H](c3ccc(Cl)cc3)[C@@H]1[C@@H](C)NC2=O. The lowest BCUT2D eigenvalue weighted by molar-refractivity contribution is -0.131. The van der Waals surface area contributed by atoms with Crippen LogP contribution in [0.15, 0.2) is 53.4 Å². The van der Waals surface area contributed by atoms with E-state index in [0.29, 0.717) is 10.6 Å². The molecule has 3 aromatic rings. The first-order valence-electron chi connectivity index (χ1n) is 11.5. The Morgan fingerprint density at radius 1 is 1.27 bits per heavy atom. The minimum Gasteiger partial charge on any atom is -0.353 e. The number of nitrogens with zero attached hydrogens (tertiary/aromatic N) is 2. The fourth-order valence-electron chi connectivity index (χ4n) is 6.39. The van der Waals surface area contributed by atoms with Gasteiger partial charge in [-0.3, -0.25) is 4.79 Å². The number of hydrogen-bond acceptors (Lipinski definition) is 4. The molecule has 2 heterocycles. The number of carbonyl (C=O) groups is 1. The molecule has 1 amide bonds. The van der Waals surface area contributed by atoms with Gasteiger partial charge in [-0.25, -0.2) is 4.98 Å². The smallest absolute Gasteiger partial charge is 0.226 e. The van der Waals surface area contributed by atoms with E-state index in [1.807, 2.05) is 29.1 Å². The molecular formula is C27H26ClN3OS. The van der Waals surface area contributed by atoms with Crippen molar-refractivity contribution in [3.05, 3.63) is 75.1 Å². The molecule has 4 nitrogen and oxygen atoms in total. The van der Waals surface area contributed by atoms with Gasteiger partial charge in [0.15, 0.2) is 0 Å². The first-order chi connectivity index (χ1) is 16.0. The molecule has 168 valence electrons. The quantitative estimate of drug-likeness (QED) is 0.466. The zero-order chi connectivity index (χ0) is 23.2. The number of aromatic nitrogens is 1. The number of benzene rings is 2. The summed E-state index contributed by atoms with van der Waals surface area (Å²) in [5.41, 5.74) is 6.24. The van der Waals surface area contributed by atoms with Crippen molar-refractivity contribution >= 4 is 28.8 Å². The average molecular weight is 476 g/mol. The van der Waals surface area contributed by atoms with E-state index >= 15 is 0 Å². The Hall–Kier alpha value is -2.68. The highest BCUT2D eigenvalue weighted by Gasteiger charge is 2.59. The van der Waals surface area contributed by atoms with Crippen LogP contribution in [0.5, 0.6) is 0 Å². The molecule has 1 aliphatic carbocycles. The summed E-state index contributed by atoms with van der Waals surface area (Å²) in [6.07, 6.45) is 2.51. The van der Waals surface area contributed by atoms with Crippen LogP contribution in [0.1, 0.15) is 61.6 Å². The van der Waals surface area contributed by atoms with E-state index in [1.54, 1.807) is 11.3 Å². The highest BCUT2D eigenvalue weighted by Crippen LogP contribution is 2.60. The van der Waals surface area contributed by atoms with Crippen LogP contribution in [0, 0.1) is 22.7 Å². The zero-order valence-corrected chi connectivity index (χ0v) is 20.3. The Labute approximate surface area is 203 Å². The molecule has 1 saturated heterocycles. The van der Waals surface area contributed by atoms with Crippen molar-refractivity contribution in [2.75, 3.05) is 0 Å². The van der Waals surface area contributed by atoms with Crippen LogP contribution in [-0.2, 0) is 4.79 Å². The van der Waals surface area contributed by atoms with E-state index in [1.165, 1.54) is 5.56 Å². The lowest BCUT2D eigenvalue weighted by Gasteiger charge is -2.47. The van der Waals surface area contributed by atoms with Gasteiger partial charge < -0.3 is 5.32 Å². The van der Waals surface area contributed by atoms with E-state index in [9.17, 15) is 10.1 Å². The van der Waals surface area contributed by atoms with Gasteiger partial charge in [-0.15, -0.1) is 11.3 Å². The highest BCUT2D eigenvalue weighted by atomic mass is 35.5.